The van der Waals surface area contributed by atoms with Gasteiger partial charge in [-0.2, -0.15) is 4.89 Å². The molecule has 0 saturated carbocycles. The zero-order valence-electron chi connectivity index (χ0n) is 9.58. The zero-order valence-corrected chi connectivity index (χ0v) is 9.58. The predicted molar refractivity (Wildman–Crippen MR) is 60.9 cm³/mol. The fourth-order valence-electron chi connectivity index (χ4n) is 1.43. The van der Waals surface area contributed by atoms with Crippen molar-refractivity contribution in [1.29, 1.82) is 0 Å². The van der Waals surface area contributed by atoms with Gasteiger partial charge in [-0.1, -0.05) is 0 Å². The highest BCUT2D eigenvalue weighted by Gasteiger charge is 2.22. The van der Waals surface area contributed by atoms with Crippen LogP contribution in [0.5, 0.6) is 5.75 Å². The van der Waals surface area contributed by atoms with E-state index < -0.39 is 5.91 Å². The van der Waals surface area contributed by atoms with Crippen LogP contribution in [0.3, 0.4) is 0 Å². The number of hydrogen-bond donors (Lipinski definition) is 1. The van der Waals surface area contributed by atoms with Crippen LogP contribution in [0.15, 0.2) is 30.7 Å². The van der Waals surface area contributed by atoms with E-state index in [0.717, 1.165) is 10.9 Å². The quantitative estimate of drug-likeness (QED) is 0.487. The molecule has 0 aliphatic rings. The van der Waals surface area contributed by atoms with Crippen LogP contribution >= 0.6 is 0 Å². The highest BCUT2D eigenvalue weighted by molar-refractivity contribution is 5.78. The molecule has 0 radical (unpaired) electrons. The van der Waals surface area contributed by atoms with E-state index in [1.54, 1.807) is 25.3 Å². The van der Waals surface area contributed by atoms with E-state index in [2.05, 4.69) is 14.9 Å². The van der Waals surface area contributed by atoms with Gasteiger partial charge in [0.15, 0.2) is 0 Å². The van der Waals surface area contributed by atoms with E-state index in [0.29, 0.717) is 5.75 Å². The highest BCUT2D eigenvalue weighted by atomic mass is 17.2. The first kappa shape index (κ1) is 11.7. The Morgan fingerprint density at radius 2 is 2.18 bits per heavy atom. The second-order valence-corrected chi connectivity index (χ2v) is 3.61. The second kappa shape index (κ2) is 4.62. The van der Waals surface area contributed by atoms with Gasteiger partial charge < -0.3 is 4.74 Å². The number of nitrogens with two attached hydrogens (primary N) is 1. The lowest BCUT2D eigenvalue weighted by atomic mass is 10.2. The number of rotatable bonds is 4. The van der Waals surface area contributed by atoms with Gasteiger partial charge in [-0.15, -0.1) is 0 Å². The van der Waals surface area contributed by atoms with Gasteiger partial charge >= 0.3 is 0 Å². The topological polar surface area (TPSA) is 79.5 Å². The Balaban J connectivity index is 2.25. The molecular formula is C11H13N3O3. The molecule has 0 amide bonds. The molecule has 0 aliphatic heterocycles. The van der Waals surface area contributed by atoms with Gasteiger partial charge in [0.2, 0.25) is 0 Å². The average Bonchev–Trinajstić information content (AvgIpc) is 2.28. The smallest absolute Gasteiger partial charge is 0.294 e. The molecule has 6 heteroatoms. The SMILES string of the molecule is COOC(C)(N)Oc1ccc2cncnc2c1. The standard InChI is InChI=1S/C11H13N3O3/c1-11(12,17-15-2)16-9-4-3-8-6-13-7-14-10(8)5-9/h3-7H,12H2,1-2H3. The van der Waals surface area contributed by atoms with Crippen molar-refractivity contribution < 1.29 is 14.5 Å². The van der Waals surface area contributed by atoms with Crippen molar-refractivity contribution in [2.45, 2.75) is 12.8 Å². The maximum Gasteiger partial charge on any atom is 0.294 e. The number of benzene rings is 1. The van der Waals surface area contributed by atoms with Gasteiger partial charge in [-0.3, -0.25) is 5.73 Å². The van der Waals surface area contributed by atoms with Crippen molar-refractivity contribution >= 4 is 10.9 Å². The molecule has 1 atom stereocenters. The first-order valence-electron chi connectivity index (χ1n) is 5.00. The molecule has 0 bridgehead atoms. The fraction of sp³-hybridized carbons (Fsp3) is 0.273. The summed E-state index contributed by atoms with van der Waals surface area (Å²) in [4.78, 5) is 17.3. The molecule has 6 nitrogen and oxygen atoms in total. The third kappa shape index (κ3) is 2.88. The molecule has 1 aromatic carbocycles. The number of hydrogen-bond acceptors (Lipinski definition) is 6. The predicted octanol–water partition coefficient (Wildman–Crippen LogP) is 1.22. The molecule has 0 saturated heterocycles. The summed E-state index contributed by atoms with van der Waals surface area (Å²) in [6.45, 7) is 1.54. The van der Waals surface area contributed by atoms with E-state index in [-0.39, 0.29) is 0 Å². The average molecular weight is 235 g/mol. The molecule has 1 heterocycles. The van der Waals surface area contributed by atoms with Crippen molar-refractivity contribution in [2.24, 2.45) is 5.73 Å². The van der Waals surface area contributed by atoms with Crippen LogP contribution in [0.1, 0.15) is 6.92 Å². The second-order valence-electron chi connectivity index (χ2n) is 3.61. The molecular weight excluding hydrogens is 222 g/mol. The molecule has 90 valence electrons. The molecule has 0 spiro atoms. The third-order valence-electron chi connectivity index (χ3n) is 2.05. The number of nitrogens with zero attached hydrogens (tertiary/aromatic N) is 2. The maximum absolute atomic E-state index is 5.70. The Kier molecular flexibility index (Phi) is 3.19. The van der Waals surface area contributed by atoms with Crippen molar-refractivity contribution in [3.63, 3.8) is 0 Å². The van der Waals surface area contributed by atoms with Crippen molar-refractivity contribution in [1.82, 2.24) is 9.97 Å². The number of aromatic nitrogens is 2. The minimum atomic E-state index is -1.35. The lowest BCUT2D eigenvalue weighted by Crippen LogP contribution is -2.45. The van der Waals surface area contributed by atoms with Gasteiger partial charge in [0.05, 0.1) is 12.6 Å². The molecule has 1 aromatic heterocycles. The lowest BCUT2D eigenvalue weighted by molar-refractivity contribution is -0.389. The van der Waals surface area contributed by atoms with Gasteiger partial charge in [0, 0.05) is 24.6 Å². The summed E-state index contributed by atoms with van der Waals surface area (Å²) < 4.78 is 5.42. The minimum absolute atomic E-state index is 0.540. The lowest BCUT2D eigenvalue weighted by Gasteiger charge is -2.23. The van der Waals surface area contributed by atoms with Crippen LogP contribution in [0.25, 0.3) is 10.9 Å². The molecule has 2 N–H and O–H groups in total. The molecule has 2 aromatic rings. The monoisotopic (exact) mass is 235 g/mol. The summed E-state index contributed by atoms with van der Waals surface area (Å²) in [5.41, 5.74) is 6.47. The van der Waals surface area contributed by atoms with Gasteiger partial charge in [0.1, 0.15) is 12.1 Å². The molecule has 0 aliphatic carbocycles. The molecule has 0 fully saturated rings. The molecule has 17 heavy (non-hydrogen) atoms. The fourth-order valence-corrected chi connectivity index (χ4v) is 1.43. The summed E-state index contributed by atoms with van der Waals surface area (Å²) >= 11 is 0. The highest BCUT2D eigenvalue weighted by Crippen LogP contribution is 2.21. The largest absolute Gasteiger partial charge is 0.447 e. The first-order valence-corrected chi connectivity index (χ1v) is 5.00. The maximum atomic E-state index is 5.70. The summed E-state index contributed by atoms with van der Waals surface area (Å²) in [6, 6.07) is 5.35. The van der Waals surface area contributed by atoms with Crippen LogP contribution in [0.4, 0.5) is 0 Å². The minimum Gasteiger partial charge on any atom is -0.447 e. The van der Waals surface area contributed by atoms with Crippen LogP contribution in [-0.2, 0) is 9.78 Å². The Morgan fingerprint density at radius 1 is 1.35 bits per heavy atom. The van der Waals surface area contributed by atoms with Gasteiger partial charge in [-0.05, 0) is 12.1 Å². The van der Waals surface area contributed by atoms with Crippen LogP contribution in [0, 0.1) is 0 Å². The third-order valence-corrected chi connectivity index (χ3v) is 2.05. The van der Waals surface area contributed by atoms with E-state index in [4.69, 9.17) is 15.4 Å². The Hall–Kier alpha value is -1.76. The summed E-state index contributed by atoms with van der Waals surface area (Å²) in [5.74, 6) is -0.812. The van der Waals surface area contributed by atoms with Crippen molar-refractivity contribution in [3.8, 4) is 5.75 Å². The number of ether oxygens (including phenoxy) is 1. The Morgan fingerprint density at radius 3 is 2.94 bits per heavy atom. The van der Waals surface area contributed by atoms with Crippen LogP contribution in [0.2, 0.25) is 0 Å². The molecule has 2 rings (SSSR count). The first-order chi connectivity index (χ1) is 8.11. The normalized spacial score (nSPS) is 14.5. The zero-order chi connectivity index (χ0) is 12.3. The van der Waals surface area contributed by atoms with E-state index in [9.17, 15) is 0 Å². The Labute approximate surface area is 98.3 Å². The van der Waals surface area contributed by atoms with E-state index in [1.165, 1.54) is 13.4 Å². The van der Waals surface area contributed by atoms with Gasteiger partial charge in [0.25, 0.3) is 5.91 Å². The van der Waals surface area contributed by atoms with Gasteiger partial charge in [-0.25, -0.2) is 14.9 Å². The van der Waals surface area contributed by atoms with Crippen molar-refractivity contribution in [3.05, 3.63) is 30.7 Å². The van der Waals surface area contributed by atoms with Crippen LogP contribution < -0.4 is 10.5 Å². The van der Waals surface area contributed by atoms with E-state index >= 15 is 0 Å². The number of fused-ring (bicyclic) bond motifs is 1. The summed E-state index contributed by atoms with van der Waals surface area (Å²) in [5, 5.41) is 0.922. The molecule has 1 unspecified atom stereocenters. The van der Waals surface area contributed by atoms with Crippen LogP contribution in [-0.4, -0.2) is 23.0 Å². The van der Waals surface area contributed by atoms with E-state index in [1.807, 2.05) is 6.07 Å². The Bertz CT molecular complexity index is 516. The summed E-state index contributed by atoms with van der Waals surface area (Å²) in [6.07, 6.45) is 3.19. The van der Waals surface area contributed by atoms with Crippen molar-refractivity contribution in [2.75, 3.05) is 7.11 Å². The summed E-state index contributed by atoms with van der Waals surface area (Å²) in [7, 11) is 1.36.